The molecule has 1 heterocycles. The normalized spacial score (nSPS) is 10.7. The van der Waals surface area contributed by atoms with Gasteiger partial charge in [0.15, 0.2) is 0 Å². The van der Waals surface area contributed by atoms with Gasteiger partial charge in [0, 0.05) is 12.7 Å². The molecular formula is C8H10F2IN3O. The molecule has 0 saturated heterocycles. The maximum absolute atomic E-state index is 11.7. The lowest BCUT2D eigenvalue weighted by Crippen LogP contribution is -2.14. The Morgan fingerprint density at radius 2 is 2.33 bits per heavy atom. The fraction of sp³-hybridized carbons (Fsp3) is 0.500. The van der Waals surface area contributed by atoms with Crippen molar-refractivity contribution in [2.45, 2.75) is 6.43 Å². The molecule has 84 valence electrons. The summed E-state index contributed by atoms with van der Waals surface area (Å²) in [6.45, 7) is 0.146. The summed E-state index contributed by atoms with van der Waals surface area (Å²) in [4.78, 5) is 7.80. The first-order chi connectivity index (χ1) is 7.20. The Bertz CT molecular complexity index is 301. The molecule has 0 amide bonds. The SMILES string of the molecule is FC(F)COCCNc1ncncc1I. The molecule has 0 spiro atoms. The number of alkyl halides is 2. The van der Waals surface area contributed by atoms with Gasteiger partial charge in [-0.3, -0.25) is 0 Å². The summed E-state index contributed by atoms with van der Waals surface area (Å²) in [6, 6.07) is 0. The van der Waals surface area contributed by atoms with Crippen molar-refractivity contribution in [3.63, 3.8) is 0 Å². The van der Waals surface area contributed by atoms with E-state index in [-0.39, 0.29) is 6.61 Å². The minimum Gasteiger partial charge on any atom is -0.374 e. The molecule has 0 radical (unpaired) electrons. The van der Waals surface area contributed by atoms with Crippen LogP contribution in [0.5, 0.6) is 0 Å². The molecule has 0 aromatic carbocycles. The lowest BCUT2D eigenvalue weighted by Gasteiger charge is -2.07. The summed E-state index contributed by atoms with van der Waals surface area (Å²) in [7, 11) is 0. The Labute approximate surface area is 99.6 Å². The molecule has 0 atom stereocenters. The van der Waals surface area contributed by atoms with E-state index < -0.39 is 13.0 Å². The van der Waals surface area contributed by atoms with E-state index in [9.17, 15) is 8.78 Å². The molecule has 1 aromatic rings. The van der Waals surface area contributed by atoms with Crippen molar-refractivity contribution >= 4 is 28.4 Å². The highest BCUT2D eigenvalue weighted by atomic mass is 127. The molecule has 0 aliphatic rings. The first-order valence-corrected chi connectivity index (χ1v) is 5.33. The Morgan fingerprint density at radius 1 is 1.53 bits per heavy atom. The van der Waals surface area contributed by atoms with Crippen molar-refractivity contribution in [3.05, 3.63) is 16.1 Å². The third-order valence-electron chi connectivity index (χ3n) is 1.45. The van der Waals surface area contributed by atoms with Gasteiger partial charge in [0.25, 0.3) is 6.43 Å². The van der Waals surface area contributed by atoms with Gasteiger partial charge >= 0.3 is 0 Å². The average Bonchev–Trinajstić information content (AvgIpc) is 2.20. The molecule has 1 aromatic heterocycles. The number of nitrogens with zero attached hydrogens (tertiary/aromatic N) is 2. The van der Waals surface area contributed by atoms with Crippen LogP contribution in [0.1, 0.15) is 0 Å². The molecule has 0 saturated carbocycles. The summed E-state index contributed by atoms with van der Waals surface area (Å²) in [6.07, 6.45) is 0.671. The van der Waals surface area contributed by atoms with Crippen LogP contribution < -0.4 is 5.32 Å². The predicted molar refractivity (Wildman–Crippen MR) is 60.1 cm³/mol. The van der Waals surface area contributed by atoms with E-state index in [2.05, 4.69) is 37.9 Å². The largest absolute Gasteiger partial charge is 0.374 e. The van der Waals surface area contributed by atoms with Gasteiger partial charge in [0.1, 0.15) is 18.8 Å². The van der Waals surface area contributed by atoms with Crippen LogP contribution in [0.3, 0.4) is 0 Å². The summed E-state index contributed by atoms with van der Waals surface area (Å²) in [5.74, 6) is 0.686. The molecular weight excluding hydrogens is 319 g/mol. The second-order valence-corrected chi connectivity index (χ2v) is 3.77. The third-order valence-corrected chi connectivity index (χ3v) is 2.24. The smallest absolute Gasteiger partial charge is 0.261 e. The maximum atomic E-state index is 11.7. The van der Waals surface area contributed by atoms with Gasteiger partial charge in [-0.15, -0.1) is 0 Å². The van der Waals surface area contributed by atoms with Crippen molar-refractivity contribution in [1.82, 2.24) is 9.97 Å². The topological polar surface area (TPSA) is 47.0 Å². The molecule has 0 aliphatic carbocycles. The Hall–Kier alpha value is -0.570. The molecule has 4 nitrogen and oxygen atoms in total. The van der Waals surface area contributed by atoms with Crippen molar-refractivity contribution in [2.75, 3.05) is 25.1 Å². The summed E-state index contributed by atoms with van der Waals surface area (Å²) in [5, 5.41) is 2.96. The van der Waals surface area contributed by atoms with Gasteiger partial charge in [-0.25, -0.2) is 18.7 Å². The van der Waals surface area contributed by atoms with E-state index in [1.54, 1.807) is 6.20 Å². The first-order valence-electron chi connectivity index (χ1n) is 4.25. The van der Waals surface area contributed by atoms with Crippen LogP contribution in [0.25, 0.3) is 0 Å². The van der Waals surface area contributed by atoms with Gasteiger partial charge in [0.05, 0.1) is 10.2 Å². The summed E-state index contributed by atoms with van der Waals surface area (Å²) >= 11 is 2.08. The molecule has 0 bridgehead atoms. The van der Waals surface area contributed by atoms with Crippen molar-refractivity contribution in [3.8, 4) is 0 Å². The number of rotatable bonds is 6. The lowest BCUT2D eigenvalue weighted by molar-refractivity contribution is 0.0214. The van der Waals surface area contributed by atoms with Crippen LogP contribution in [0.15, 0.2) is 12.5 Å². The lowest BCUT2D eigenvalue weighted by atomic mass is 10.5. The van der Waals surface area contributed by atoms with E-state index >= 15 is 0 Å². The zero-order valence-corrected chi connectivity index (χ0v) is 9.95. The monoisotopic (exact) mass is 329 g/mol. The quantitative estimate of drug-likeness (QED) is 0.638. The average molecular weight is 329 g/mol. The van der Waals surface area contributed by atoms with Crippen LogP contribution in [0.4, 0.5) is 14.6 Å². The number of hydrogen-bond acceptors (Lipinski definition) is 4. The first kappa shape index (κ1) is 12.5. The number of ether oxygens (including phenoxy) is 1. The number of hydrogen-bond donors (Lipinski definition) is 1. The van der Waals surface area contributed by atoms with E-state index in [0.717, 1.165) is 3.57 Å². The van der Waals surface area contributed by atoms with Gasteiger partial charge in [0.2, 0.25) is 0 Å². The zero-order chi connectivity index (χ0) is 11.1. The van der Waals surface area contributed by atoms with E-state index in [1.165, 1.54) is 6.33 Å². The molecule has 0 aliphatic heterocycles. The van der Waals surface area contributed by atoms with Crippen LogP contribution >= 0.6 is 22.6 Å². The number of halogens is 3. The molecule has 7 heteroatoms. The van der Waals surface area contributed by atoms with Crippen LogP contribution in [0.2, 0.25) is 0 Å². The van der Waals surface area contributed by atoms with Gasteiger partial charge in [-0.2, -0.15) is 0 Å². The Morgan fingerprint density at radius 3 is 3.00 bits per heavy atom. The van der Waals surface area contributed by atoms with Crippen LogP contribution in [-0.4, -0.2) is 36.2 Å². The van der Waals surface area contributed by atoms with Crippen molar-refractivity contribution in [1.29, 1.82) is 0 Å². The zero-order valence-electron chi connectivity index (χ0n) is 7.79. The Balaban J connectivity index is 2.18. The highest BCUT2D eigenvalue weighted by Gasteiger charge is 2.02. The highest BCUT2D eigenvalue weighted by Crippen LogP contribution is 2.11. The molecule has 0 fully saturated rings. The fourth-order valence-electron chi connectivity index (χ4n) is 0.857. The second-order valence-electron chi connectivity index (χ2n) is 2.61. The third kappa shape index (κ3) is 5.17. The van der Waals surface area contributed by atoms with Gasteiger partial charge in [-0.05, 0) is 22.6 Å². The summed E-state index contributed by atoms with van der Waals surface area (Å²) in [5.41, 5.74) is 0. The van der Waals surface area contributed by atoms with Crippen LogP contribution in [0, 0.1) is 3.57 Å². The number of nitrogens with one attached hydrogen (secondary N) is 1. The molecule has 1 N–H and O–H groups in total. The molecule has 1 rings (SSSR count). The molecule has 0 unspecified atom stereocenters. The second kappa shape index (κ2) is 6.83. The highest BCUT2D eigenvalue weighted by molar-refractivity contribution is 14.1. The van der Waals surface area contributed by atoms with E-state index in [0.29, 0.717) is 12.4 Å². The predicted octanol–water partition coefficient (Wildman–Crippen LogP) is 1.77. The standard InChI is InChI=1S/C8H10F2IN3O/c9-7(10)4-15-2-1-13-8-6(11)3-12-5-14-8/h3,5,7H,1-2,4H2,(H,12,13,14). The van der Waals surface area contributed by atoms with Crippen molar-refractivity contribution in [2.24, 2.45) is 0 Å². The van der Waals surface area contributed by atoms with E-state index in [4.69, 9.17) is 4.74 Å². The van der Waals surface area contributed by atoms with Crippen molar-refractivity contribution < 1.29 is 13.5 Å². The van der Waals surface area contributed by atoms with Gasteiger partial charge < -0.3 is 10.1 Å². The minimum absolute atomic E-state index is 0.227. The summed E-state index contributed by atoms with van der Waals surface area (Å²) < 4.78 is 28.9. The maximum Gasteiger partial charge on any atom is 0.261 e. The minimum atomic E-state index is -2.41. The molecule has 15 heavy (non-hydrogen) atoms. The fourth-order valence-corrected chi connectivity index (χ4v) is 1.35. The Kier molecular flexibility index (Phi) is 5.69. The van der Waals surface area contributed by atoms with E-state index in [1.807, 2.05) is 0 Å². The number of anilines is 1. The number of aromatic nitrogens is 2. The van der Waals surface area contributed by atoms with Crippen LogP contribution in [-0.2, 0) is 4.74 Å². The van der Waals surface area contributed by atoms with Gasteiger partial charge in [-0.1, -0.05) is 0 Å².